The Labute approximate surface area is 165 Å². The number of nitrogens with two attached hydrogens (primary N) is 1. The molecule has 0 unspecified atom stereocenters. The molecule has 0 aliphatic carbocycles. The Balaban J connectivity index is 0.00000156. The molecule has 4 nitrogen and oxygen atoms in total. The van der Waals surface area contributed by atoms with E-state index in [0.717, 1.165) is 29.4 Å². The molecule has 2 N–H and O–H groups in total. The zero-order chi connectivity index (χ0) is 16.4. The van der Waals surface area contributed by atoms with Gasteiger partial charge in [0.25, 0.3) is 5.91 Å². The van der Waals surface area contributed by atoms with Crippen LogP contribution in [0.4, 0.5) is 11.4 Å². The summed E-state index contributed by atoms with van der Waals surface area (Å²) < 4.78 is 0. The number of benzene rings is 2. The number of halogens is 3. The minimum Gasteiger partial charge on any atom is -0.399 e. The molecule has 1 amide bonds. The highest BCUT2D eigenvalue weighted by molar-refractivity contribution is 6.30. The highest BCUT2D eigenvalue weighted by Crippen LogP contribution is 2.21. The summed E-state index contributed by atoms with van der Waals surface area (Å²) in [5.74, 6) is 0.0607. The fourth-order valence-electron chi connectivity index (χ4n) is 2.86. The molecule has 136 valence electrons. The maximum absolute atomic E-state index is 12.7. The second-order valence-corrected chi connectivity index (χ2v) is 6.27. The number of amides is 1. The Morgan fingerprint density at radius 1 is 1.00 bits per heavy atom. The first-order valence-electron chi connectivity index (χ1n) is 7.70. The summed E-state index contributed by atoms with van der Waals surface area (Å²) in [6.07, 6.45) is 0. The number of aryl methyl sites for hydroxylation is 1. The monoisotopic (exact) mass is 401 g/mol. The maximum atomic E-state index is 12.7. The van der Waals surface area contributed by atoms with Gasteiger partial charge in [-0.3, -0.25) is 4.79 Å². The van der Waals surface area contributed by atoms with Gasteiger partial charge in [-0.2, -0.15) is 0 Å². The Morgan fingerprint density at radius 3 is 2.20 bits per heavy atom. The Bertz CT molecular complexity index is 714. The second kappa shape index (κ2) is 9.18. The molecule has 25 heavy (non-hydrogen) atoms. The van der Waals surface area contributed by atoms with Gasteiger partial charge in [0.2, 0.25) is 0 Å². The highest BCUT2D eigenvalue weighted by Gasteiger charge is 2.23. The van der Waals surface area contributed by atoms with Gasteiger partial charge in [0, 0.05) is 48.1 Å². The van der Waals surface area contributed by atoms with E-state index in [4.69, 9.17) is 17.3 Å². The molecule has 1 aliphatic rings. The molecular formula is C18H22Cl3N3O. The van der Waals surface area contributed by atoms with E-state index >= 15 is 0 Å². The van der Waals surface area contributed by atoms with Crippen LogP contribution in [-0.4, -0.2) is 37.0 Å². The fraction of sp³-hybridized carbons (Fsp3) is 0.278. The third-order valence-electron chi connectivity index (χ3n) is 4.25. The smallest absolute Gasteiger partial charge is 0.254 e. The minimum absolute atomic E-state index is 0. The Kier molecular flexibility index (Phi) is 7.87. The van der Waals surface area contributed by atoms with Crippen molar-refractivity contribution in [3.8, 4) is 0 Å². The van der Waals surface area contributed by atoms with Crippen LogP contribution in [0, 0.1) is 6.92 Å². The van der Waals surface area contributed by atoms with Gasteiger partial charge in [-0.15, -0.1) is 24.8 Å². The quantitative estimate of drug-likeness (QED) is 0.771. The largest absolute Gasteiger partial charge is 0.399 e. The molecule has 1 heterocycles. The van der Waals surface area contributed by atoms with E-state index in [1.165, 1.54) is 0 Å². The number of rotatable bonds is 2. The van der Waals surface area contributed by atoms with E-state index < -0.39 is 0 Å². The van der Waals surface area contributed by atoms with Crippen molar-refractivity contribution in [2.75, 3.05) is 36.8 Å². The lowest BCUT2D eigenvalue weighted by Crippen LogP contribution is -2.48. The summed E-state index contributed by atoms with van der Waals surface area (Å²) in [6, 6.07) is 13.3. The molecule has 0 aromatic heterocycles. The Hall–Kier alpha value is -1.62. The van der Waals surface area contributed by atoms with Crippen molar-refractivity contribution in [1.29, 1.82) is 0 Å². The molecule has 0 spiro atoms. The zero-order valence-electron chi connectivity index (χ0n) is 13.9. The van der Waals surface area contributed by atoms with E-state index in [9.17, 15) is 4.79 Å². The van der Waals surface area contributed by atoms with E-state index in [2.05, 4.69) is 4.90 Å². The van der Waals surface area contributed by atoms with Gasteiger partial charge in [-0.1, -0.05) is 17.7 Å². The molecule has 1 aliphatic heterocycles. The minimum atomic E-state index is 0. The number of carbonyl (C=O) groups is 1. The van der Waals surface area contributed by atoms with Gasteiger partial charge in [0.05, 0.1) is 0 Å². The van der Waals surface area contributed by atoms with E-state index in [1.54, 1.807) is 6.07 Å². The van der Waals surface area contributed by atoms with Gasteiger partial charge in [0.1, 0.15) is 0 Å². The molecular weight excluding hydrogens is 381 g/mol. The van der Waals surface area contributed by atoms with Crippen molar-refractivity contribution in [2.45, 2.75) is 6.92 Å². The Morgan fingerprint density at radius 2 is 1.60 bits per heavy atom. The topological polar surface area (TPSA) is 49.6 Å². The molecule has 1 saturated heterocycles. The molecule has 0 saturated carbocycles. The zero-order valence-corrected chi connectivity index (χ0v) is 16.3. The molecule has 7 heteroatoms. The molecule has 1 fully saturated rings. The number of piperazine rings is 1. The predicted octanol–water partition coefficient (Wildman–Crippen LogP) is 4.04. The lowest BCUT2D eigenvalue weighted by molar-refractivity contribution is 0.0746. The summed E-state index contributed by atoms with van der Waals surface area (Å²) in [4.78, 5) is 16.9. The van der Waals surface area contributed by atoms with Crippen LogP contribution < -0.4 is 10.6 Å². The van der Waals surface area contributed by atoms with Crippen LogP contribution in [0.15, 0.2) is 42.5 Å². The number of hydrogen-bond acceptors (Lipinski definition) is 3. The standard InChI is InChI=1S/C18H20ClN3O.2ClH/c1-13-2-5-15(20)12-17(13)18(23)22-10-8-21(9-11-22)16-6-3-14(19)4-7-16;;/h2-7,12H,8-11,20H2,1H3;2*1H. The SMILES string of the molecule is Cc1ccc(N)cc1C(=O)N1CCN(c2ccc(Cl)cc2)CC1.Cl.Cl. The summed E-state index contributed by atoms with van der Waals surface area (Å²) in [7, 11) is 0. The van der Waals surface area contributed by atoms with E-state index in [1.807, 2.05) is 48.2 Å². The van der Waals surface area contributed by atoms with Crippen LogP contribution in [0.3, 0.4) is 0 Å². The predicted molar refractivity (Wildman–Crippen MR) is 110 cm³/mol. The number of carbonyl (C=O) groups excluding carboxylic acids is 1. The third kappa shape index (κ3) is 4.94. The first-order chi connectivity index (χ1) is 11.0. The third-order valence-corrected chi connectivity index (χ3v) is 4.50. The first-order valence-corrected chi connectivity index (χ1v) is 8.08. The number of anilines is 2. The van der Waals surface area contributed by atoms with Gasteiger partial charge in [-0.25, -0.2) is 0 Å². The second-order valence-electron chi connectivity index (χ2n) is 5.83. The number of nitrogen functional groups attached to an aromatic ring is 1. The van der Waals surface area contributed by atoms with Crippen molar-refractivity contribution in [2.24, 2.45) is 0 Å². The molecule has 3 rings (SSSR count). The lowest BCUT2D eigenvalue weighted by Gasteiger charge is -2.36. The maximum Gasteiger partial charge on any atom is 0.254 e. The molecule has 2 aromatic carbocycles. The van der Waals surface area contributed by atoms with Crippen LogP contribution in [0.5, 0.6) is 0 Å². The van der Waals surface area contributed by atoms with Crippen molar-refractivity contribution in [1.82, 2.24) is 4.90 Å². The number of nitrogens with zero attached hydrogens (tertiary/aromatic N) is 2. The van der Waals surface area contributed by atoms with Crippen LogP contribution in [0.1, 0.15) is 15.9 Å². The highest BCUT2D eigenvalue weighted by atomic mass is 35.5. The van der Waals surface area contributed by atoms with Crippen molar-refractivity contribution in [3.05, 3.63) is 58.6 Å². The summed E-state index contributed by atoms with van der Waals surface area (Å²) >= 11 is 5.93. The van der Waals surface area contributed by atoms with Gasteiger partial charge < -0.3 is 15.5 Å². The summed E-state index contributed by atoms with van der Waals surface area (Å²) in [6.45, 7) is 4.98. The van der Waals surface area contributed by atoms with Crippen LogP contribution in [0.2, 0.25) is 5.02 Å². The lowest BCUT2D eigenvalue weighted by atomic mass is 10.1. The normalized spacial score (nSPS) is 13.7. The average molecular weight is 403 g/mol. The van der Waals surface area contributed by atoms with Crippen LogP contribution >= 0.6 is 36.4 Å². The van der Waals surface area contributed by atoms with Crippen molar-refractivity contribution in [3.63, 3.8) is 0 Å². The molecule has 2 aromatic rings. The first kappa shape index (κ1) is 21.4. The molecule has 0 bridgehead atoms. The van der Waals surface area contributed by atoms with Crippen molar-refractivity contribution < 1.29 is 4.79 Å². The molecule has 0 atom stereocenters. The summed E-state index contributed by atoms with van der Waals surface area (Å²) in [5.41, 5.74) is 9.24. The molecule has 0 radical (unpaired) electrons. The van der Waals surface area contributed by atoms with Gasteiger partial charge in [-0.05, 0) is 48.9 Å². The van der Waals surface area contributed by atoms with Crippen molar-refractivity contribution >= 4 is 53.7 Å². The average Bonchev–Trinajstić information content (AvgIpc) is 2.57. The van der Waals surface area contributed by atoms with E-state index in [0.29, 0.717) is 24.3 Å². The van der Waals surface area contributed by atoms with Gasteiger partial charge in [0.15, 0.2) is 0 Å². The van der Waals surface area contributed by atoms with Gasteiger partial charge >= 0.3 is 0 Å². The summed E-state index contributed by atoms with van der Waals surface area (Å²) in [5, 5.41) is 0.736. The fourth-order valence-corrected chi connectivity index (χ4v) is 2.99. The van der Waals surface area contributed by atoms with E-state index in [-0.39, 0.29) is 30.7 Å². The number of hydrogen-bond donors (Lipinski definition) is 1. The van der Waals surface area contributed by atoms with Crippen LogP contribution in [0.25, 0.3) is 0 Å². The van der Waals surface area contributed by atoms with Crippen LogP contribution in [-0.2, 0) is 0 Å².